The molecule has 0 aromatic heterocycles. The smallest absolute Gasteiger partial charge is 0.257 e. The number of carbonyl (C=O) groups excluding carboxylic acids is 1. The summed E-state index contributed by atoms with van der Waals surface area (Å²) in [5, 5.41) is 9.91. The minimum Gasteiger partial charge on any atom is -0.505 e. The highest BCUT2D eigenvalue weighted by Gasteiger charge is 2.31. The van der Waals surface area contributed by atoms with Gasteiger partial charge in [-0.05, 0) is 36.3 Å². The molecule has 1 amide bonds. The average molecular weight is 276 g/mol. The number of carbonyl (C=O) groups is 1. The summed E-state index contributed by atoms with van der Waals surface area (Å²) in [6.45, 7) is 8.24. The molecule has 4 heteroatoms. The molecule has 1 aliphatic heterocycles. The predicted octanol–water partition coefficient (Wildman–Crippen LogP) is 2.87. The Labute approximate surface area is 120 Å². The number of aromatic hydroxyl groups is 1. The first kappa shape index (κ1) is 14.7. The number of anilines is 1. The molecular weight excluding hydrogens is 252 g/mol. The van der Waals surface area contributed by atoms with Gasteiger partial charge in [-0.1, -0.05) is 26.8 Å². The first-order valence-electron chi connectivity index (χ1n) is 7.17. The number of nitrogens with zero attached hydrogens (tertiary/aromatic N) is 1. The largest absolute Gasteiger partial charge is 0.505 e. The van der Waals surface area contributed by atoms with Gasteiger partial charge in [0.05, 0.1) is 11.3 Å². The molecule has 0 saturated carbocycles. The molecule has 1 fully saturated rings. The third-order valence-electron chi connectivity index (χ3n) is 4.30. The SMILES string of the molecule is CC(C)(C)C1CCN(C(=O)c2cccc(N)c2O)CC1. The van der Waals surface area contributed by atoms with Gasteiger partial charge in [0.25, 0.3) is 5.91 Å². The number of hydrogen-bond acceptors (Lipinski definition) is 3. The van der Waals surface area contributed by atoms with Gasteiger partial charge in [-0.15, -0.1) is 0 Å². The van der Waals surface area contributed by atoms with Crippen molar-refractivity contribution in [3.05, 3.63) is 23.8 Å². The third-order valence-corrected chi connectivity index (χ3v) is 4.30. The van der Waals surface area contributed by atoms with Crippen LogP contribution in [0.2, 0.25) is 0 Å². The molecule has 4 nitrogen and oxygen atoms in total. The summed E-state index contributed by atoms with van der Waals surface area (Å²) in [6, 6.07) is 4.92. The van der Waals surface area contributed by atoms with E-state index in [1.165, 1.54) is 0 Å². The predicted molar refractivity (Wildman–Crippen MR) is 80.6 cm³/mol. The highest BCUT2D eigenvalue weighted by molar-refractivity contribution is 5.98. The number of benzene rings is 1. The van der Waals surface area contributed by atoms with Crippen LogP contribution < -0.4 is 5.73 Å². The molecule has 0 unspecified atom stereocenters. The van der Waals surface area contributed by atoms with Gasteiger partial charge in [-0.3, -0.25) is 4.79 Å². The zero-order chi connectivity index (χ0) is 14.9. The lowest BCUT2D eigenvalue weighted by molar-refractivity contribution is 0.0606. The van der Waals surface area contributed by atoms with Gasteiger partial charge in [0.2, 0.25) is 0 Å². The normalized spacial score (nSPS) is 17.2. The van der Waals surface area contributed by atoms with Gasteiger partial charge >= 0.3 is 0 Å². The quantitative estimate of drug-likeness (QED) is 0.612. The number of nitrogen functional groups attached to an aromatic ring is 1. The number of hydrogen-bond donors (Lipinski definition) is 2. The summed E-state index contributed by atoms with van der Waals surface area (Å²) in [5.74, 6) is 0.415. The van der Waals surface area contributed by atoms with Crippen molar-refractivity contribution in [1.82, 2.24) is 4.90 Å². The van der Waals surface area contributed by atoms with Crippen LogP contribution in [0.5, 0.6) is 5.75 Å². The van der Waals surface area contributed by atoms with E-state index in [9.17, 15) is 9.90 Å². The molecule has 1 saturated heterocycles. The van der Waals surface area contributed by atoms with Gasteiger partial charge in [-0.2, -0.15) is 0 Å². The van der Waals surface area contributed by atoms with Crippen molar-refractivity contribution in [1.29, 1.82) is 0 Å². The van der Waals surface area contributed by atoms with Crippen LogP contribution >= 0.6 is 0 Å². The number of piperidine rings is 1. The zero-order valence-electron chi connectivity index (χ0n) is 12.5. The van der Waals surface area contributed by atoms with Crippen LogP contribution in [0.4, 0.5) is 5.69 Å². The van der Waals surface area contributed by atoms with Crippen molar-refractivity contribution in [2.24, 2.45) is 11.3 Å². The molecule has 110 valence electrons. The second-order valence-electron chi connectivity index (χ2n) is 6.68. The fourth-order valence-corrected chi connectivity index (χ4v) is 2.85. The number of phenolic OH excluding ortho intramolecular Hbond substituents is 1. The standard InChI is InChI=1S/C16H24N2O2/c1-16(2,3)11-7-9-18(10-8-11)15(20)12-5-4-6-13(17)14(12)19/h4-6,11,19H,7-10,17H2,1-3H3. The van der Waals surface area contributed by atoms with Crippen LogP contribution in [-0.4, -0.2) is 29.0 Å². The first-order valence-corrected chi connectivity index (χ1v) is 7.17. The fourth-order valence-electron chi connectivity index (χ4n) is 2.85. The van der Waals surface area contributed by atoms with E-state index in [1.54, 1.807) is 18.2 Å². The van der Waals surface area contributed by atoms with Crippen LogP contribution in [0.1, 0.15) is 44.0 Å². The summed E-state index contributed by atoms with van der Waals surface area (Å²) in [4.78, 5) is 14.3. The van der Waals surface area contributed by atoms with E-state index in [1.807, 2.05) is 4.90 Å². The highest BCUT2D eigenvalue weighted by atomic mass is 16.3. The lowest BCUT2D eigenvalue weighted by Crippen LogP contribution is -2.41. The molecule has 0 aliphatic carbocycles. The Balaban J connectivity index is 2.07. The topological polar surface area (TPSA) is 66.6 Å². The van der Waals surface area contributed by atoms with Crippen LogP contribution in [0.3, 0.4) is 0 Å². The molecule has 1 aromatic carbocycles. The Bertz CT molecular complexity index is 498. The van der Waals surface area contributed by atoms with E-state index in [0.717, 1.165) is 25.9 Å². The number of amides is 1. The molecule has 0 bridgehead atoms. The van der Waals surface area contributed by atoms with Gasteiger partial charge in [0.1, 0.15) is 0 Å². The Hall–Kier alpha value is -1.71. The second-order valence-corrected chi connectivity index (χ2v) is 6.68. The number of phenols is 1. The third kappa shape index (κ3) is 2.89. The minimum absolute atomic E-state index is 0.101. The van der Waals surface area contributed by atoms with Crippen molar-refractivity contribution in [3.63, 3.8) is 0 Å². The molecule has 0 radical (unpaired) electrons. The number of likely N-dealkylation sites (tertiary alicyclic amines) is 1. The van der Waals surface area contributed by atoms with Gasteiger partial charge in [-0.25, -0.2) is 0 Å². The van der Waals surface area contributed by atoms with Gasteiger partial charge < -0.3 is 15.7 Å². The van der Waals surface area contributed by atoms with E-state index in [2.05, 4.69) is 20.8 Å². The summed E-state index contributed by atoms with van der Waals surface area (Å²) < 4.78 is 0. The number of para-hydroxylation sites is 1. The van der Waals surface area contributed by atoms with E-state index in [4.69, 9.17) is 5.73 Å². The minimum atomic E-state index is -0.123. The maximum atomic E-state index is 12.4. The maximum absolute atomic E-state index is 12.4. The maximum Gasteiger partial charge on any atom is 0.257 e. The number of rotatable bonds is 1. The van der Waals surface area contributed by atoms with Crippen molar-refractivity contribution >= 4 is 11.6 Å². The number of nitrogens with two attached hydrogens (primary N) is 1. The van der Waals surface area contributed by atoms with Crippen molar-refractivity contribution in [3.8, 4) is 5.75 Å². The Morgan fingerprint density at radius 3 is 2.45 bits per heavy atom. The van der Waals surface area contributed by atoms with Crippen molar-refractivity contribution in [2.45, 2.75) is 33.6 Å². The summed E-state index contributed by atoms with van der Waals surface area (Å²) in [6.07, 6.45) is 2.02. The zero-order valence-corrected chi connectivity index (χ0v) is 12.5. The average Bonchev–Trinajstić information content (AvgIpc) is 2.40. The monoisotopic (exact) mass is 276 g/mol. The molecule has 3 N–H and O–H groups in total. The summed E-state index contributed by atoms with van der Waals surface area (Å²) in [7, 11) is 0. The van der Waals surface area contributed by atoms with Crippen molar-refractivity contribution < 1.29 is 9.90 Å². The van der Waals surface area contributed by atoms with E-state index >= 15 is 0 Å². The highest BCUT2D eigenvalue weighted by Crippen LogP contribution is 2.35. The van der Waals surface area contributed by atoms with E-state index in [0.29, 0.717) is 11.5 Å². The molecule has 0 atom stereocenters. The van der Waals surface area contributed by atoms with Crippen LogP contribution in [0.15, 0.2) is 18.2 Å². The Morgan fingerprint density at radius 1 is 1.30 bits per heavy atom. The molecular formula is C16H24N2O2. The van der Waals surface area contributed by atoms with Gasteiger partial charge in [0.15, 0.2) is 5.75 Å². The van der Waals surface area contributed by atoms with Crippen LogP contribution in [-0.2, 0) is 0 Å². The molecule has 1 heterocycles. The molecule has 1 aliphatic rings. The van der Waals surface area contributed by atoms with E-state index in [-0.39, 0.29) is 22.8 Å². The van der Waals surface area contributed by atoms with Crippen LogP contribution in [0, 0.1) is 11.3 Å². The molecule has 20 heavy (non-hydrogen) atoms. The molecule has 2 rings (SSSR count). The van der Waals surface area contributed by atoms with Gasteiger partial charge in [0, 0.05) is 13.1 Å². The summed E-state index contributed by atoms with van der Waals surface area (Å²) >= 11 is 0. The van der Waals surface area contributed by atoms with Crippen molar-refractivity contribution in [2.75, 3.05) is 18.8 Å². The molecule has 0 spiro atoms. The second kappa shape index (κ2) is 5.35. The Morgan fingerprint density at radius 2 is 1.90 bits per heavy atom. The Kier molecular flexibility index (Phi) is 3.93. The van der Waals surface area contributed by atoms with Crippen LogP contribution in [0.25, 0.3) is 0 Å². The summed E-state index contributed by atoms with van der Waals surface area (Å²) in [5.41, 5.74) is 6.49. The first-order chi connectivity index (χ1) is 9.30. The fraction of sp³-hybridized carbons (Fsp3) is 0.562. The lowest BCUT2D eigenvalue weighted by atomic mass is 9.75. The van der Waals surface area contributed by atoms with E-state index < -0.39 is 0 Å². The lowest BCUT2D eigenvalue weighted by Gasteiger charge is -2.38. The molecule has 1 aromatic rings.